The summed E-state index contributed by atoms with van der Waals surface area (Å²) in [7, 11) is -15.1. The second kappa shape index (κ2) is 3.08. The number of hydrogen-bond donors (Lipinski definition) is 0. The van der Waals surface area contributed by atoms with E-state index < -0.39 is 40.1 Å². The van der Waals surface area contributed by atoms with E-state index in [1.165, 1.54) is 0 Å². The van der Waals surface area contributed by atoms with Gasteiger partial charge in [-0.3, -0.25) is 0 Å². The molecule has 1 aliphatic rings. The zero-order valence-electron chi connectivity index (χ0n) is 7.47. The van der Waals surface area contributed by atoms with E-state index in [-0.39, 0.29) is 0 Å². The van der Waals surface area contributed by atoms with E-state index >= 15 is 0 Å². The lowest BCUT2D eigenvalue weighted by Gasteiger charge is -2.39. The molecule has 4 nitrogen and oxygen atoms in total. The molecule has 0 saturated carbocycles. The van der Waals surface area contributed by atoms with Crippen LogP contribution in [0.5, 0.6) is 0 Å². The lowest BCUT2D eigenvalue weighted by atomic mass is 10.2. The standard InChI is InChI=1S/C4F8O4S2/c5-1(6)2(7,8)4(11,12)18(15,16)17(13,14)3(1,9)10. The van der Waals surface area contributed by atoms with Crippen LogP contribution in [0.3, 0.4) is 0 Å². The summed E-state index contributed by atoms with van der Waals surface area (Å²) < 4.78 is 142. The van der Waals surface area contributed by atoms with Gasteiger partial charge in [-0.25, -0.2) is 16.8 Å². The fourth-order valence-electron chi connectivity index (χ4n) is 0.955. The minimum Gasteiger partial charge on any atom is -0.206 e. The monoisotopic (exact) mass is 328 g/mol. The van der Waals surface area contributed by atoms with E-state index in [1.54, 1.807) is 0 Å². The van der Waals surface area contributed by atoms with Gasteiger partial charge in [0.15, 0.2) is 0 Å². The second-order valence-electron chi connectivity index (χ2n) is 3.09. The summed E-state index contributed by atoms with van der Waals surface area (Å²) >= 11 is 0. The summed E-state index contributed by atoms with van der Waals surface area (Å²) in [6.07, 6.45) is 0. The summed E-state index contributed by atoms with van der Waals surface area (Å²) in [5, 5.41) is -13.8. The fourth-order valence-corrected chi connectivity index (χ4v) is 4.67. The smallest absolute Gasteiger partial charge is 0.206 e. The topological polar surface area (TPSA) is 68.3 Å². The summed E-state index contributed by atoms with van der Waals surface area (Å²) in [6.45, 7) is 0. The molecular weight excluding hydrogens is 328 g/mol. The predicted molar refractivity (Wildman–Crippen MR) is 37.6 cm³/mol. The molecule has 0 aromatic rings. The van der Waals surface area contributed by atoms with E-state index in [1.807, 2.05) is 0 Å². The van der Waals surface area contributed by atoms with Gasteiger partial charge in [-0.05, 0) is 0 Å². The highest BCUT2D eigenvalue weighted by atomic mass is 33.2. The maximum absolute atomic E-state index is 12.6. The van der Waals surface area contributed by atoms with E-state index in [0.717, 1.165) is 0 Å². The van der Waals surface area contributed by atoms with Crippen molar-refractivity contribution in [3.8, 4) is 0 Å². The van der Waals surface area contributed by atoms with Crippen LogP contribution in [0, 0.1) is 0 Å². The first kappa shape index (κ1) is 15.4. The molecule has 14 heteroatoms. The van der Waals surface area contributed by atoms with Crippen molar-refractivity contribution in [1.29, 1.82) is 0 Å². The van der Waals surface area contributed by atoms with E-state index in [2.05, 4.69) is 0 Å². The SMILES string of the molecule is O=S1(=O)C(F)(F)C(F)(F)C(F)(F)C(F)(F)S1(=O)=O. The van der Waals surface area contributed by atoms with E-state index in [4.69, 9.17) is 0 Å². The second-order valence-corrected chi connectivity index (χ2v) is 8.57. The van der Waals surface area contributed by atoms with E-state index in [9.17, 15) is 52.0 Å². The Morgan fingerprint density at radius 2 is 0.667 bits per heavy atom. The van der Waals surface area contributed by atoms with Crippen LogP contribution >= 0.6 is 0 Å². The van der Waals surface area contributed by atoms with Crippen molar-refractivity contribution in [2.75, 3.05) is 0 Å². The molecule has 0 spiro atoms. The normalized spacial score (nSPS) is 33.8. The average Bonchev–Trinajstić information content (AvgIpc) is 2.14. The highest BCUT2D eigenvalue weighted by molar-refractivity contribution is 8.68. The molecule has 18 heavy (non-hydrogen) atoms. The zero-order chi connectivity index (χ0) is 15.0. The molecule has 0 N–H and O–H groups in total. The van der Waals surface area contributed by atoms with Gasteiger partial charge in [0.05, 0.1) is 0 Å². The quantitative estimate of drug-likeness (QED) is 0.495. The third-order valence-electron chi connectivity index (χ3n) is 2.04. The highest BCUT2D eigenvalue weighted by Gasteiger charge is 2.95. The average molecular weight is 328 g/mol. The van der Waals surface area contributed by atoms with Crippen LogP contribution in [0.2, 0.25) is 0 Å². The van der Waals surface area contributed by atoms with Crippen molar-refractivity contribution in [3.63, 3.8) is 0 Å². The van der Waals surface area contributed by atoms with Crippen LogP contribution in [0.25, 0.3) is 0 Å². The summed E-state index contributed by atoms with van der Waals surface area (Å²) in [5.74, 6) is -14.2. The Morgan fingerprint density at radius 3 is 0.833 bits per heavy atom. The third-order valence-corrected chi connectivity index (χ3v) is 7.38. The van der Waals surface area contributed by atoms with Gasteiger partial charge in [0.1, 0.15) is 0 Å². The third kappa shape index (κ3) is 1.11. The van der Waals surface area contributed by atoms with E-state index in [0.29, 0.717) is 0 Å². The van der Waals surface area contributed by atoms with Gasteiger partial charge in [-0.1, -0.05) is 0 Å². The molecular formula is C4F8O4S2. The lowest BCUT2D eigenvalue weighted by molar-refractivity contribution is -0.328. The fraction of sp³-hybridized carbons (Fsp3) is 1.00. The first-order chi connectivity index (χ1) is 7.50. The molecule has 0 unspecified atom stereocenters. The van der Waals surface area contributed by atoms with Crippen LogP contribution in [0.15, 0.2) is 0 Å². The molecule has 1 fully saturated rings. The Bertz CT molecular complexity index is 533. The molecule has 0 bridgehead atoms. The Hall–Kier alpha value is -0.660. The number of halogens is 8. The van der Waals surface area contributed by atoms with Crippen molar-refractivity contribution < 1.29 is 52.0 Å². The molecule has 0 radical (unpaired) electrons. The first-order valence-electron chi connectivity index (χ1n) is 3.50. The lowest BCUT2D eigenvalue weighted by Crippen LogP contribution is -2.73. The summed E-state index contributed by atoms with van der Waals surface area (Å²) in [5.41, 5.74) is 0. The molecule has 108 valence electrons. The van der Waals surface area contributed by atoms with Crippen LogP contribution in [0.1, 0.15) is 0 Å². The number of rotatable bonds is 0. The van der Waals surface area contributed by atoms with Gasteiger partial charge < -0.3 is 0 Å². The van der Waals surface area contributed by atoms with Crippen molar-refractivity contribution in [3.05, 3.63) is 0 Å². The summed E-state index contributed by atoms with van der Waals surface area (Å²) in [6, 6.07) is 0. The van der Waals surface area contributed by atoms with Crippen molar-refractivity contribution in [2.24, 2.45) is 0 Å². The molecule has 0 atom stereocenters. The van der Waals surface area contributed by atoms with Gasteiger partial charge in [0, 0.05) is 0 Å². The Labute approximate surface area is 92.8 Å². The highest BCUT2D eigenvalue weighted by Crippen LogP contribution is 2.62. The molecule has 1 aliphatic heterocycles. The first-order valence-corrected chi connectivity index (χ1v) is 6.99. The Kier molecular flexibility index (Phi) is 2.63. The van der Waals surface area contributed by atoms with Gasteiger partial charge in [-0.15, -0.1) is 0 Å². The summed E-state index contributed by atoms with van der Waals surface area (Å²) in [4.78, 5) is 0. The van der Waals surface area contributed by atoms with Crippen molar-refractivity contribution >= 4 is 17.7 Å². The Balaban J connectivity index is 3.97. The van der Waals surface area contributed by atoms with Gasteiger partial charge in [-0.2, -0.15) is 35.1 Å². The molecule has 0 aromatic heterocycles. The molecule has 1 saturated heterocycles. The maximum Gasteiger partial charge on any atom is 0.428 e. The van der Waals surface area contributed by atoms with Crippen LogP contribution in [-0.2, 0) is 17.7 Å². The number of hydrogen-bond acceptors (Lipinski definition) is 4. The van der Waals surface area contributed by atoms with Crippen molar-refractivity contribution in [2.45, 2.75) is 22.4 Å². The largest absolute Gasteiger partial charge is 0.428 e. The van der Waals surface area contributed by atoms with Gasteiger partial charge in [0.25, 0.3) is 0 Å². The zero-order valence-corrected chi connectivity index (χ0v) is 9.11. The maximum atomic E-state index is 12.6. The van der Waals surface area contributed by atoms with Gasteiger partial charge in [0.2, 0.25) is 0 Å². The molecule has 1 heterocycles. The molecule has 0 amide bonds. The Morgan fingerprint density at radius 1 is 0.500 bits per heavy atom. The van der Waals surface area contributed by atoms with Crippen LogP contribution < -0.4 is 0 Å². The molecule has 1 rings (SSSR count). The number of alkyl halides is 8. The molecule has 0 aliphatic carbocycles. The van der Waals surface area contributed by atoms with Crippen molar-refractivity contribution in [1.82, 2.24) is 0 Å². The minimum atomic E-state index is -7.57. The van der Waals surface area contributed by atoms with Crippen LogP contribution in [0.4, 0.5) is 35.1 Å². The van der Waals surface area contributed by atoms with Crippen LogP contribution in [-0.4, -0.2) is 39.2 Å². The predicted octanol–water partition coefficient (Wildman–Crippen LogP) is 1.20. The minimum absolute atomic E-state index is 6.88. The molecule has 0 aromatic carbocycles. The van der Waals surface area contributed by atoms with Gasteiger partial charge >= 0.3 is 40.1 Å².